The Kier molecular flexibility index (Phi) is 4.17. The van der Waals surface area contributed by atoms with Crippen molar-refractivity contribution in [1.29, 1.82) is 0 Å². The predicted molar refractivity (Wildman–Crippen MR) is 89.9 cm³/mol. The molecule has 2 aromatic carbocycles. The molecule has 3 rings (SSSR count). The number of ether oxygens (including phenoxy) is 1. The summed E-state index contributed by atoms with van der Waals surface area (Å²) in [7, 11) is 0. The Morgan fingerprint density at radius 2 is 1.89 bits per heavy atom. The van der Waals surface area contributed by atoms with E-state index in [1.54, 1.807) is 0 Å². The molecule has 1 nitrogen and oxygen atoms in total. The highest BCUT2D eigenvalue weighted by atomic mass is 127. The molecule has 1 atom stereocenters. The lowest BCUT2D eigenvalue weighted by Crippen LogP contribution is -1.97. The second-order valence-electron chi connectivity index (χ2n) is 4.55. The van der Waals surface area contributed by atoms with Crippen molar-refractivity contribution < 1.29 is 4.74 Å². The van der Waals surface area contributed by atoms with Crippen LogP contribution >= 0.6 is 50.1 Å². The highest BCUT2D eigenvalue weighted by Gasteiger charge is 2.17. The topological polar surface area (TPSA) is 9.23 Å². The first-order valence-electron chi connectivity index (χ1n) is 5.93. The summed E-state index contributed by atoms with van der Waals surface area (Å²) in [6, 6.07) is 12.5. The quantitative estimate of drug-likeness (QED) is 0.437. The van der Waals surface area contributed by atoms with Gasteiger partial charge in [-0.2, -0.15) is 0 Å². The number of alkyl halides is 1. The van der Waals surface area contributed by atoms with Gasteiger partial charge in [0, 0.05) is 8.59 Å². The Morgan fingerprint density at radius 1 is 1.11 bits per heavy atom. The maximum atomic E-state index is 6.10. The van der Waals surface area contributed by atoms with Crippen molar-refractivity contribution in [3.8, 4) is 0 Å². The molecule has 0 saturated carbocycles. The Morgan fingerprint density at radius 3 is 2.74 bits per heavy atom. The summed E-state index contributed by atoms with van der Waals surface area (Å²) in [5, 5.41) is 0.768. The standard InChI is InChI=1S/C15H11BrClIO/c16-15(13-6-12(17)3-4-14(13)18)9-1-2-10-7-19-8-11(10)5-9/h1-6,15H,7-8H2. The van der Waals surface area contributed by atoms with E-state index in [4.69, 9.17) is 16.3 Å². The van der Waals surface area contributed by atoms with Gasteiger partial charge >= 0.3 is 0 Å². The van der Waals surface area contributed by atoms with Crippen molar-refractivity contribution in [3.05, 3.63) is 67.2 Å². The van der Waals surface area contributed by atoms with E-state index >= 15 is 0 Å². The van der Waals surface area contributed by atoms with Crippen LogP contribution in [0.3, 0.4) is 0 Å². The molecular formula is C15H11BrClIO. The van der Waals surface area contributed by atoms with Crippen LogP contribution in [0.2, 0.25) is 5.02 Å². The molecule has 0 fully saturated rings. The monoisotopic (exact) mass is 448 g/mol. The lowest BCUT2D eigenvalue weighted by molar-refractivity contribution is 0.134. The van der Waals surface area contributed by atoms with E-state index in [0.29, 0.717) is 0 Å². The molecule has 0 bridgehead atoms. The zero-order valence-corrected chi connectivity index (χ0v) is 14.5. The van der Waals surface area contributed by atoms with Gasteiger partial charge in [-0.3, -0.25) is 0 Å². The van der Waals surface area contributed by atoms with Gasteiger partial charge in [0.05, 0.1) is 18.0 Å². The van der Waals surface area contributed by atoms with Crippen LogP contribution in [-0.2, 0) is 18.0 Å². The van der Waals surface area contributed by atoms with Crippen LogP contribution in [-0.4, -0.2) is 0 Å². The van der Waals surface area contributed by atoms with Gasteiger partial charge in [-0.15, -0.1) is 0 Å². The van der Waals surface area contributed by atoms with Crippen LogP contribution in [0.5, 0.6) is 0 Å². The van der Waals surface area contributed by atoms with Crippen molar-refractivity contribution in [2.24, 2.45) is 0 Å². The molecule has 4 heteroatoms. The Hall–Kier alpha value is -0.100. The maximum Gasteiger partial charge on any atom is 0.0725 e. The average Bonchev–Trinajstić information content (AvgIpc) is 2.88. The van der Waals surface area contributed by atoms with E-state index in [1.807, 2.05) is 18.2 Å². The summed E-state index contributed by atoms with van der Waals surface area (Å²) in [6.07, 6.45) is 0. The molecule has 0 aromatic heterocycles. The van der Waals surface area contributed by atoms with Gasteiger partial charge in [0.15, 0.2) is 0 Å². The molecule has 98 valence electrons. The van der Waals surface area contributed by atoms with Crippen LogP contribution in [0.1, 0.15) is 27.1 Å². The van der Waals surface area contributed by atoms with Crippen molar-refractivity contribution in [2.45, 2.75) is 18.0 Å². The van der Waals surface area contributed by atoms with Gasteiger partial charge < -0.3 is 4.74 Å². The largest absolute Gasteiger partial charge is 0.372 e. The van der Waals surface area contributed by atoms with Gasteiger partial charge in [-0.05, 0) is 63.0 Å². The number of halogens is 3. The molecule has 0 saturated heterocycles. The lowest BCUT2D eigenvalue weighted by Gasteiger charge is -2.14. The zero-order chi connectivity index (χ0) is 13.4. The van der Waals surface area contributed by atoms with Crippen molar-refractivity contribution >= 4 is 50.1 Å². The van der Waals surface area contributed by atoms with Crippen LogP contribution in [0.4, 0.5) is 0 Å². The number of fused-ring (bicyclic) bond motifs is 1. The van der Waals surface area contributed by atoms with Crippen LogP contribution in [0.15, 0.2) is 36.4 Å². The number of benzene rings is 2. The van der Waals surface area contributed by atoms with Gasteiger partial charge in [0.25, 0.3) is 0 Å². The normalized spacial score (nSPS) is 15.3. The van der Waals surface area contributed by atoms with Crippen LogP contribution in [0.25, 0.3) is 0 Å². The third kappa shape index (κ3) is 2.84. The maximum absolute atomic E-state index is 6.10. The summed E-state index contributed by atoms with van der Waals surface area (Å²) < 4.78 is 6.67. The van der Waals surface area contributed by atoms with Gasteiger partial charge in [0.1, 0.15) is 0 Å². The number of hydrogen-bond acceptors (Lipinski definition) is 1. The first kappa shape index (κ1) is 13.9. The van der Waals surface area contributed by atoms with E-state index in [1.165, 1.54) is 25.8 Å². The summed E-state index contributed by atoms with van der Waals surface area (Å²) in [4.78, 5) is 0.156. The van der Waals surface area contributed by atoms with E-state index in [0.717, 1.165) is 18.2 Å². The van der Waals surface area contributed by atoms with Crippen molar-refractivity contribution in [2.75, 3.05) is 0 Å². The van der Waals surface area contributed by atoms with E-state index < -0.39 is 0 Å². The van der Waals surface area contributed by atoms with Gasteiger partial charge in [0.2, 0.25) is 0 Å². The lowest BCUT2D eigenvalue weighted by atomic mass is 10.0. The molecule has 2 aromatic rings. The fourth-order valence-electron chi connectivity index (χ4n) is 2.24. The molecule has 19 heavy (non-hydrogen) atoms. The molecule has 0 amide bonds. The minimum absolute atomic E-state index is 0.156. The smallest absolute Gasteiger partial charge is 0.0725 e. The van der Waals surface area contributed by atoms with Crippen molar-refractivity contribution in [3.63, 3.8) is 0 Å². The Balaban J connectivity index is 1.99. The first-order valence-corrected chi connectivity index (χ1v) is 8.31. The third-order valence-corrected chi connectivity index (χ3v) is 5.51. The second-order valence-corrected chi connectivity index (χ2v) is 7.06. The second kappa shape index (κ2) is 5.72. The first-order chi connectivity index (χ1) is 9.15. The average molecular weight is 450 g/mol. The molecule has 1 unspecified atom stereocenters. The van der Waals surface area contributed by atoms with Crippen LogP contribution in [0, 0.1) is 3.57 Å². The highest BCUT2D eigenvalue weighted by molar-refractivity contribution is 14.1. The SMILES string of the molecule is Clc1ccc(I)c(C(Br)c2ccc3c(c2)COC3)c1. The van der Waals surface area contributed by atoms with Gasteiger partial charge in [-0.25, -0.2) is 0 Å². The minimum atomic E-state index is 0.156. The Bertz CT molecular complexity index is 630. The highest BCUT2D eigenvalue weighted by Crippen LogP contribution is 2.36. The van der Waals surface area contributed by atoms with E-state index in [9.17, 15) is 0 Å². The fourth-order valence-corrected chi connectivity index (χ4v) is 4.16. The molecule has 1 aliphatic rings. The summed E-state index contributed by atoms with van der Waals surface area (Å²) in [5.41, 5.74) is 5.03. The molecular weight excluding hydrogens is 438 g/mol. The molecule has 0 spiro atoms. The van der Waals surface area contributed by atoms with E-state index in [-0.39, 0.29) is 4.83 Å². The fraction of sp³-hybridized carbons (Fsp3) is 0.200. The third-order valence-electron chi connectivity index (χ3n) is 3.27. The Labute approximate surface area is 139 Å². The summed E-state index contributed by atoms with van der Waals surface area (Å²) in [6.45, 7) is 1.45. The summed E-state index contributed by atoms with van der Waals surface area (Å²) >= 11 is 12.2. The van der Waals surface area contributed by atoms with Gasteiger partial charge in [-0.1, -0.05) is 45.7 Å². The molecule has 1 aliphatic heterocycles. The van der Waals surface area contributed by atoms with Crippen molar-refractivity contribution in [1.82, 2.24) is 0 Å². The molecule has 0 N–H and O–H groups in total. The van der Waals surface area contributed by atoms with E-state index in [2.05, 4.69) is 56.7 Å². The number of hydrogen-bond donors (Lipinski definition) is 0. The van der Waals surface area contributed by atoms with Crippen LogP contribution < -0.4 is 0 Å². The summed E-state index contributed by atoms with van der Waals surface area (Å²) in [5.74, 6) is 0. The zero-order valence-electron chi connectivity index (χ0n) is 10.00. The molecule has 0 radical (unpaired) electrons. The minimum Gasteiger partial charge on any atom is -0.372 e. The molecule has 1 heterocycles. The predicted octanol–water partition coefficient (Wildman–Crippen LogP) is 5.46. The molecule has 0 aliphatic carbocycles. The number of rotatable bonds is 2.